The highest BCUT2D eigenvalue weighted by Gasteiger charge is 2.14. The standard InChI is InChI=1S/C22H15N5O2/c28-27(29)18-12-10-16(11-13-18)14-23-26-21-9-5-4-8-20(21)25-15-19(24-22(25)26)17-6-2-1-3-7-17/h1-15H. The molecule has 0 radical (unpaired) electrons. The molecule has 7 heteroatoms. The Bertz CT molecular complexity index is 1370. The number of nitro benzene ring substituents is 1. The van der Waals surface area contributed by atoms with Gasteiger partial charge in [0.2, 0.25) is 5.78 Å². The highest BCUT2D eigenvalue weighted by atomic mass is 16.6. The van der Waals surface area contributed by atoms with Gasteiger partial charge in [0.25, 0.3) is 5.69 Å². The summed E-state index contributed by atoms with van der Waals surface area (Å²) in [7, 11) is 0. The lowest BCUT2D eigenvalue weighted by atomic mass is 10.2. The molecule has 0 aliphatic rings. The molecule has 0 saturated heterocycles. The molecule has 0 aliphatic heterocycles. The third-order valence-electron chi connectivity index (χ3n) is 4.74. The first-order valence-corrected chi connectivity index (χ1v) is 9.03. The van der Waals surface area contributed by atoms with Gasteiger partial charge in [-0.05, 0) is 29.8 Å². The largest absolute Gasteiger partial charge is 0.282 e. The van der Waals surface area contributed by atoms with E-state index in [-0.39, 0.29) is 5.69 Å². The van der Waals surface area contributed by atoms with Gasteiger partial charge in [-0.1, -0.05) is 42.5 Å². The van der Waals surface area contributed by atoms with Crippen molar-refractivity contribution in [3.05, 3.63) is 101 Å². The molecule has 0 aliphatic carbocycles. The molecule has 0 unspecified atom stereocenters. The predicted molar refractivity (Wildman–Crippen MR) is 112 cm³/mol. The molecule has 0 fully saturated rings. The Kier molecular flexibility index (Phi) is 3.91. The highest BCUT2D eigenvalue weighted by molar-refractivity contribution is 5.85. The Balaban J connectivity index is 1.63. The van der Waals surface area contributed by atoms with Crippen LogP contribution in [0.2, 0.25) is 0 Å². The van der Waals surface area contributed by atoms with Gasteiger partial charge >= 0.3 is 0 Å². The Morgan fingerprint density at radius 3 is 2.31 bits per heavy atom. The van der Waals surface area contributed by atoms with E-state index in [0.29, 0.717) is 5.78 Å². The molecule has 0 spiro atoms. The molecule has 7 nitrogen and oxygen atoms in total. The maximum absolute atomic E-state index is 10.8. The van der Waals surface area contributed by atoms with Crippen molar-refractivity contribution < 1.29 is 4.92 Å². The summed E-state index contributed by atoms with van der Waals surface area (Å²) < 4.78 is 3.80. The van der Waals surface area contributed by atoms with Crippen LogP contribution in [0.15, 0.2) is 90.2 Å². The molecule has 3 aromatic carbocycles. The van der Waals surface area contributed by atoms with E-state index >= 15 is 0 Å². The number of hydrogen-bond donors (Lipinski definition) is 0. The van der Waals surface area contributed by atoms with Gasteiger partial charge in [-0.25, -0.2) is 4.98 Å². The van der Waals surface area contributed by atoms with Crippen LogP contribution in [0.3, 0.4) is 0 Å². The van der Waals surface area contributed by atoms with Crippen LogP contribution < -0.4 is 0 Å². The monoisotopic (exact) mass is 381 g/mol. The fourth-order valence-electron chi connectivity index (χ4n) is 3.32. The predicted octanol–water partition coefficient (Wildman–Crippen LogP) is 4.75. The molecule has 2 heterocycles. The molecule has 0 N–H and O–H groups in total. The molecular weight excluding hydrogens is 366 g/mol. The number of non-ortho nitro benzene ring substituents is 1. The van der Waals surface area contributed by atoms with Crippen LogP contribution in [0.1, 0.15) is 5.56 Å². The topological polar surface area (TPSA) is 77.7 Å². The van der Waals surface area contributed by atoms with Gasteiger partial charge in [-0.3, -0.25) is 14.5 Å². The lowest BCUT2D eigenvalue weighted by molar-refractivity contribution is -0.384. The molecule has 0 atom stereocenters. The maximum Gasteiger partial charge on any atom is 0.269 e. The number of hydrogen-bond acceptors (Lipinski definition) is 4. The molecule has 5 rings (SSSR count). The maximum atomic E-state index is 10.8. The van der Waals surface area contributed by atoms with Crippen molar-refractivity contribution in [1.82, 2.24) is 14.1 Å². The smallest absolute Gasteiger partial charge is 0.269 e. The fourth-order valence-corrected chi connectivity index (χ4v) is 3.32. The number of para-hydroxylation sites is 2. The Morgan fingerprint density at radius 1 is 0.897 bits per heavy atom. The molecule has 0 saturated carbocycles. The van der Waals surface area contributed by atoms with Crippen molar-refractivity contribution in [2.75, 3.05) is 0 Å². The summed E-state index contributed by atoms with van der Waals surface area (Å²) in [5.74, 6) is 0.697. The number of aromatic nitrogens is 3. The van der Waals surface area contributed by atoms with Crippen LogP contribution in [0.5, 0.6) is 0 Å². The van der Waals surface area contributed by atoms with Crippen LogP contribution in [-0.4, -0.2) is 25.2 Å². The van der Waals surface area contributed by atoms with E-state index in [1.165, 1.54) is 12.1 Å². The van der Waals surface area contributed by atoms with Gasteiger partial charge in [0.15, 0.2) is 0 Å². The van der Waals surface area contributed by atoms with Gasteiger partial charge < -0.3 is 0 Å². The minimum atomic E-state index is -0.417. The van der Waals surface area contributed by atoms with Gasteiger partial charge in [-0.2, -0.15) is 9.78 Å². The number of fused-ring (bicyclic) bond motifs is 3. The quantitative estimate of drug-likeness (QED) is 0.256. The molecule has 2 aromatic heterocycles. The van der Waals surface area contributed by atoms with E-state index in [0.717, 1.165) is 27.9 Å². The average Bonchev–Trinajstić information content (AvgIpc) is 3.31. The zero-order chi connectivity index (χ0) is 19.8. The van der Waals surface area contributed by atoms with E-state index in [1.807, 2.05) is 65.2 Å². The highest BCUT2D eigenvalue weighted by Crippen LogP contribution is 2.25. The van der Waals surface area contributed by atoms with Gasteiger partial charge in [0.05, 0.1) is 27.9 Å². The van der Waals surface area contributed by atoms with Crippen molar-refractivity contribution in [3.8, 4) is 11.3 Å². The lowest BCUT2D eigenvalue weighted by Gasteiger charge is -1.98. The van der Waals surface area contributed by atoms with Crippen molar-refractivity contribution in [2.45, 2.75) is 0 Å². The summed E-state index contributed by atoms with van der Waals surface area (Å²) in [6.45, 7) is 0. The Morgan fingerprint density at radius 2 is 1.59 bits per heavy atom. The second-order valence-electron chi connectivity index (χ2n) is 6.56. The third kappa shape index (κ3) is 2.94. The summed E-state index contributed by atoms with van der Waals surface area (Å²) in [6.07, 6.45) is 3.68. The van der Waals surface area contributed by atoms with Gasteiger partial charge in [0, 0.05) is 23.9 Å². The first-order valence-electron chi connectivity index (χ1n) is 9.03. The van der Waals surface area contributed by atoms with Gasteiger partial charge in [0.1, 0.15) is 0 Å². The third-order valence-corrected chi connectivity index (χ3v) is 4.74. The second-order valence-corrected chi connectivity index (χ2v) is 6.56. The molecule has 140 valence electrons. The van der Waals surface area contributed by atoms with E-state index in [9.17, 15) is 10.1 Å². The van der Waals surface area contributed by atoms with E-state index in [2.05, 4.69) is 5.10 Å². The summed E-state index contributed by atoms with van der Waals surface area (Å²) in [6, 6.07) is 24.2. The molecule has 29 heavy (non-hydrogen) atoms. The molecule has 0 amide bonds. The summed E-state index contributed by atoms with van der Waals surface area (Å²) in [5.41, 5.74) is 4.64. The number of nitro groups is 1. The zero-order valence-corrected chi connectivity index (χ0v) is 15.2. The molecule has 5 aromatic rings. The summed E-state index contributed by atoms with van der Waals surface area (Å²) >= 11 is 0. The van der Waals surface area contributed by atoms with Crippen molar-refractivity contribution in [3.63, 3.8) is 0 Å². The van der Waals surface area contributed by atoms with Crippen LogP contribution in [-0.2, 0) is 0 Å². The zero-order valence-electron chi connectivity index (χ0n) is 15.2. The average molecular weight is 381 g/mol. The molecule has 0 bridgehead atoms. The minimum Gasteiger partial charge on any atom is -0.282 e. The second kappa shape index (κ2) is 6.72. The normalized spacial score (nSPS) is 11.6. The van der Waals surface area contributed by atoms with E-state index in [4.69, 9.17) is 4.98 Å². The lowest BCUT2D eigenvalue weighted by Crippen LogP contribution is -1.93. The minimum absolute atomic E-state index is 0.0525. The van der Waals surface area contributed by atoms with Crippen LogP contribution in [0.4, 0.5) is 5.69 Å². The Labute approximate surface area is 165 Å². The number of rotatable bonds is 4. The SMILES string of the molecule is O=[N+]([O-])c1ccc(C=Nn2c3ccccc3n3cc(-c4ccccc4)nc23)cc1. The summed E-state index contributed by atoms with van der Waals surface area (Å²) in [5, 5.41) is 15.4. The first kappa shape index (κ1) is 16.9. The van der Waals surface area contributed by atoms with Gasteiger partial charge in [-0.15, -0.1) is 0 Å². The van der Waals surface area contributed by atoms with Crippen LogP contribution in [0, 0.1) is 10.1 Å². The number of benzene rings is 3. The van der Waals surface area contributed by atoms with Crippen LogP contribution in [0.25, 0.3) is 28.1 Å². The van der Waals surface area contributed by atoms with Crippen molar-refractivity contribution >= 4 is 28.7 Å². The fraction of sp³-hybridized carbons (Fsp3) is 0. The number of nitrogens with zero attached hydrogens (tertiary/aromatic N) is 5. The van der Waals surface area contributed by atoms with Crippen LogP contribution >= 0.6 is 0 Å². The molecular formula is C22H15N5O2. The van der Waals surface area contributed by atoms with Crippen molar-refractivity contribution in [1.29, 1.82) is 0 Å². The number of imidazole rings is 2. The Hall–Kier alpha value is -4.26. The first-order chi connectivity index (χ1) is 14.2. The van der Waals surface area contributed by atoms with E-state index < -0.39 is 4.92 Å². The van der Waals surface area contributed by atoms with E-state index in [1.54, 1.807) is 23.0 Å². The van der Waals surface area contributed by atoms with Crippen molar-refractivity contribution in [2.24, 2.45) is 5.10 Å². The summed E-state index contributed by atoms with van der Waals surface area (Å²) in [4.78, 5) is 15.2.